The lowest BCUT2D eigenvalue weighted by Gasteiger charge is -2.27. The van der Waals surface area contributed by atoms with Crippen LogP contribution in [0.4, 0.5) is 5.69 Å². The van der Waals surface area contributed by atoms with Gasteiger partial charge >= 0.3 is 0 Å². The molecule has 0 amide bonds. The molecule has 1 aromatic carbocycles. The second-order valence-electron chi connectivity index (χ2n) is 5.42. The van der Waals surface area contributed by atoms with Gasteiger partial charge in [0.05, 0.1) is 10.7 Å². The van der Waals surface area contributed by atoms with E-state index in [1.165, 1.54) is 16.4 Å². The van der Waals surface area contributed by atoms with Gasteiger partial charge in [0, 0.05) is 17.6 Å². The minimum absolute atomic E-state index is 0.0436. The summed E-state index contributed by atoms with van der Waals surface area (Å²) in [6, 6.07) is 2.67. The van der Waals surface area contributed by atoms with Gasteiger partial charge in [-0.15, -0.1) is 0 Å². The van der Waals surface area contributed by atoms with Crippen LogP contribution in [0.1, 0.15) is 26.7 Å². The Morgan fingerprint density at radius 1 is 1.35 bits per heavy atom. The standard InChI is InChI=1S/C13H18Cl2N2O2S/c1-8(2)17(7-9-3-4-9)20(18,19)13-11(15)5-10(14)6-12(13)16/h5-6,8-9H,3-4,7,16H2,1-2H3. The molecule has 1 aliphatic rings. The first-order chi connectivity index (χ1) is 9.23. The Hall–Kier alpha value is -0.490. The predicted octanol–water partition coefficient (Wildman–Crippen LogP) is 3.38. The second-order valence-corrected chi connectivity index (χ2v) is 8.09. The maximum atomic E-state index is 12.8. The highest BCUT2D eigenvalue weighted by Crippen LogP contribution is 2.37. The normalized spacial score (nSPS) is 16.1. The van der Waals surface area contributed by atoms with E-state index in [2.05, 4.69) is 0 Å². The number of nitrogens with two attached hydrogens (primary N) is 1. The largest absolute Gasteiger partial charge is 0.398 e. The number of rotatable bonds is 5. The van der Waals surface area contributed by atoms with Gasteiger partial charge in [-0.2, -0.15) is 4.31 Å². The van der Waals surface area contributed by atoms with E-state index in [0.717, 1.165) is 12.8 Å². The second kappa shape index (κ2) is 5.72. The molecule has 2 N–H and O–H groups in total. The van der Waals surface area contributed by atoms with Crippen molar-refractivity contribution in [3.63, 3.8) is 0 Å². The lowest BCUT2D eigenvalue weighted by atomic mass is 10.3. The Balaban J connectivity index is 2.47. The highest BCUT2D eigenvalue weighted by molar-refractivity contribution is 7.89. The van der Waals surface area contributed by atoms with Crippen LogP contribution in [0.2, 0.25) is 10.0 Å². The molecule has 2 rings (SSSR count). The fraction of sp³-hybridized carbons (Fsp3) is 0.538. The van der Waals surface area contributed by atoms with Gasteiger partial charge in [-0.05, 0) is 44.7 Å². The van der Waals surface area contributed by atoms with Crippen molar-refractivity contribution in [3.05, 3.63) is 22.2 Å². The molecule has 0 heterocycles. The fourth-order valence-electron chi connectivity index (χ4n) is 2.11. The topological polar surface area (TPSA) is 63.4 Å². The Morgan fingerprint density at radius 3 is 2.40 bits per heavy atom. The van der Waals surface area contributed by atoms with Crippen molar-refractivity contribution >= 4 is 38.9 Å². The number of nitrogens with zero attached hydrogens (tertiary/aromatic N) is 1. The molecule has 7 heteroatoms. The van der Waals surface area contributed by atoms with Gasteiger partial charge in [0.25, 0.3) is 0 Å². The zero-order valence-electron chi connectivity index (χ0n) is 11.4. The molecule has 0 atom stereocenters. The molecular weight excluding hydrogens is 319 g/mol. The molecule has 1 aliphatic carbocycles. The molecule has 0 saturated heterocycles. The van der Waals surface area contributed by atoms with Gasteiger partial charge < -0.3 is 5.73 Å². The van der Waals surface area contributed by atoms with E-state index >= 15 is 0 Å². The van der Waals surface area contributed by atoms with Gasteiger partial charge in [-0.3, -0.25) is 0 Å². The number of nitrogen functional groups attached to an aromatic ring is 1. The Morgan fingerprint density at radius 2 is 1.95 bits per heavy atom. The first kappa shape index (κ1) is 15.9. The lowest BCUT2D eigenvalue weighted by molar-refractivity contribution is 0.342. The number of halogens is 2. The molecule has 112 valence electrons. The van der Waals surface area contributed by atoms with Crippen molar-refractivity contribution in [1.29, 1.82) is 0 Å². The van der Waals surface area contributed by atoms with Crippen molar-refractivity contribution in [2.75, 3.05) is 12.3 Å². The highest BCUT2D eigenvalue weighted by atomic mass is 35.5. The molecule has 0 aliphatic heterocycles. The van der Waals surface area contributed by atoms with Crippen molar-refractivity contribution in [3.8, 4) is 0 Å². The molecule has 0 bridgehead atoms. The van der Waals surface area contributed by atoms with Gasteiger partial charge in [-0.1, -0.05) is 23.2 Å². The number of anilines is 1. The summed E-state index contributed by atoms with van der Waals surface area (Å²) < 4.78 is 27.1. The van der Waals surface area contributed by atoms with Crippen LogP contribution in [0.5, 0.6) is 0 Å². The van der Waals surface area contributed by atoms with Crippen LogP contribution in [-0.4, -0.2) is 25.3 Å². The van der Waals surface area contributed by atoms with Gasteiger partial charge in [0.15, 0.2) is 0 Å². The summed E-state index contributed by atoms with van der Waals surface area (Å²) in [6.07, 6.45) is 2.14. The molecule has 0 spiro atoms. The molecule has 0 unspecified atom stereocenters. The average Bonchev–Trinajstić information content (AvgIpc) is 3.06. The summed E-state index contributed by atoms with van der Waals surface area (Å²) >= 11 is 11.9. The number of hydrogen-bond donors (Lipinski definition) is 1. The molecule has 1 saturated carbocycles. The van der Waals surface area contributed by atoms with Crippen molar-refractivity contribution in [2.45, 2.75) is 37.6 Å². The van der Waals surface area contributed by atoms with Crippen LogP contribution in [0.25, 0.3) is 0 Å². The smallest absolute Gasteiger partial charge is 0.246 e. The lowest BCUT2D eigenvalue weighted by Crippen LogP contribution is -2.38. The summed E-state index contributed by atoms with van der Waals surface area (Å²) in [6.45, 7) is 4.21. The Labute approximate surface area is 129 Å². The SMILES string of the molecule is CC(C)N(CC1CC1)S(=O)(=O)c1c(N)cc(Cl)cc1Cl. The van der Waals surface area contributed by atoms with Crippen molar-refractivity contribution in [2.24, 2.45) is 5.92 Å². The summed E-state index contributed by atoms with van der Waals surface area (Å²) in [4.78, 5) is -0.0436. The van der Waals surface area contributed by atoms with Crippen LogP contribution < -0.4 is 5.73 Å². The number of hydrogen-bond acceptors (Lipinski definition) is 3. The summed E-state index contributed by atoms with van der Waals surface area (Å²) in [7, 11) is -3.72. The predicted molar refractivity (Wildman–Crippen MR) is 82.6 cm³/mol. The monoisotopic (exact) mass is 336 g/mol. The molecule has 0 aromatic heterocycles. The van der Waals surface area contributed by atoms with E-state index < -0.39 is 10.0 Å². The summed E-state index contributed by atoms with van der Waals surface area (Å²) in [5, 5.41) is 0.390. The summed E-state index contributed by atoms with van der Waals surface area (Å²) in [5.74, 6) is 0.444. The van der Waals surface area contributed by atoms with Crippen LogP contribution in [-0.2, 0) is 10.0 Å². The number of benzene rings is 1. The first-order valence-corrected chi connectivity index (χ1v) is 8.69. The minimum Gasteiger partial charge on any atom is -0.398 e. The van der Waals surface area contributed by atoms with E-state index in [1.54, 1.807) is 0 Å². The zero-order chi connectivity index (χ0) is 15.1. The van der Waals surface area contributed by atoms with Crippen molar-refractivity contribution in [1.82, 2.24) is 4.31 Å². The third-order valence-electron chi connectivity index (χ3n) is 3.31. The third-order valence-corrected chi connectivity index (χ3v) is 6.10. The van der Waals surface area contributed by atoms with E-state index in [0.29, 0.717) is 17.5 Å². The van der Waals surface area contributed by atoms with Crippen LogP contribution in [0.15, 0.2) is 17.0 Å². The van der Waals surface area contributed by atoms with Crippen LogP contribution >= 0.6 is 23.2 Å². The molecule has 1 aromatic rings. The van der Waals surface area contributed by atoms with Gasteiger partial charge in [0.1, 0.15) is 4.90 Å². The maximum Gasteiger partial charge on any atom is 0.246 e. The fourth-order valence-corrected chi connectivity index (χ4v) is 4.77. The molecular formula is C13H18Cl2N2O2S. The third kappa shape index (κ3) is 3.22. The van der Waals surface area contributed by atoms with Crippen molar-refractivity contribution < 1.29 is 8.42 Å². The first-order valence-electron chi connectivity index (χ1n) is 6.50. The van der Waals surface area contributed by atoms with Crippen LogP contribution in [0.3, 0.4) is 0 Å². The van der Waals surface area contributed by atoms with Crippen LogP contribution in [0, 0.1) is 5.92 Å². The van der Waals surface area contributed by atoms with Gasteiger partial charge in [0.2, 0.25) is 10.0 Å². The maximum absolute atomic E-state index is 12.8. The molecule has 0 radical (unpaired) electrons. The van der Waals surface area contributed by atoms with E-state index in [-0.39, 0.29) is 21.6 Å². The minimum atomic E-state index is -3.72. The quantitative estimate of drug-likeness (QED) is 0.838. The van der Waals surface area contributed by atoms with E-state index in [1.807, 2.05) is 13.8 Å². The molecule has 4 nitrogen and oxygen atoms in total. The Kier molecular flexibility index (Phi) is 4.54. The van der Waals surface area contributed by atoms with Gasteiger partial charge in [-0.25, -0.2) is 8.42 Å². The molecule has 1 fully saturated rings. The average molecular weight is 337 g/mol. The highest BCUT2D eigenvalue weighted by Gasteiger charge is 2.35. The Bertz CT molecular complexity index is 590. The van der Waals surface area contributed by atoms with E-state index in [9.17, 15) is 8.42 Å². The number of sulfonamides is 1. The zero-order valence-corrected chi connectivity index (χ0v) is 13.8. The summed E-state index contributed by atoms with van der Waals surface area (Å²) in [5.41, 5.74) is 5.90. The van der Waals surface area contributed by atoms with E-state index in [4.69, 9.17) is 28.9 Å². The molecule has 20 heavy (non-hydrogen) atoms.